The van der Waals surface area contributed by atoms with Crippen LogP contribution in [-0.2, 0) is 4.79 Å². The van der Waals surface area contributed by atoms with Gasteiger partial charge in [-0.2, -0.15) is 0 Å². The van der Waals surface area contributed by atoms with E-state index in [1.807, 2.05) is 58.0 Å². The van der Waals surface area contributed by atoms with Crippen LogP contribution in [0.3, 0.4) is 0 Å². The summed E-state index contributed by atoms with van der Waals surface area (Å²) < 4.78 is 0. The number of Topliss-reactive ketones (excluding diaryl/α,β-unsaturated/α-hetero) is 1. The lowest BCUT2D eigenvalue weighted by Gasteiger charge is -2.13. The van der Waals surface area contributed by atoms with Gasteiger partial charge in [-0.3, -0.25) is 4.79 Å². The zero-order chi connectivity index (χ0) is 16.3. The molecule has 2 heteroatoms. The van der Waals surface area contributed by atoms with Gasteiger partial charge in [0.2, 0.25) is 0 Å². The molecule has 0 unspecified atom stereocenters. The van der Waals surface area contributed by atoms with Crippen molar-refractivity contribution in [3.05, 3.63) is 53.3 Å². The minimum atomic E-state index is 0.103. The summed E-state index contributed by atoms with van der Waals surface area (Å²) in [4.78, 5) is 11.8. The van der Waals surface area contributed by atoms with E-state index in [0.717, 1.165) is 35.4 Å². The Labute approximate surface area is 130 Å². The molecule has 0 saturated carbocycles. The number of rotatable bonds is 6. The van der Waals surface area contributed by atoms with E-state index in [2.05, 4.69) is 18.3 Å². The van der Waals surface area contributed by atoms with Crippen molar-refractivity contribution in [1.29, 1.82) is 0 Å². The van der Waals surface area contributed by atoms with E-state index in [1.165, 1.54) is 0 Å². The number of para-hydroxylation sites is 1. The lowest BCUT2D eigenvalue weighted by Crippen LogP contribution is -2.08. The van der Waals surface area contributed by atoms with Gasteiger partial charge in [-0.15, -0.1) is 0 Å². The molecule has 1 aromatic carbocycles. The van der Waals surface area contributed by atoms with Crippen molar-refractivity contribution < 1.29 is 4.79 Å². The Morgan fingerprint density at radius 1 is 1.10 bits per heavy atom. The quantitative estimate of drug-likeness (QED) is 0.534. The number of nitrogens with one attached hydrogen (secondary N) is 1. The monoisotopic (exact) mass is 287 g/mol. The summed E-state index contributed by atoms with van der Waals surface area (Å²) in [5.74, 6) is 0.103. The summed E-state index contributed by atoms with van der Waals surface area (Å²) >= 11 is 0. The summed E-state index contributed by atoms with van der Waals surface area (Å²) in [5.41, 5.74) is 3.75. The Morgan fingerprint density at radius 3 is 2.14 bits per heavy atom. The van der Waals surface area contributed by atoms with Crippen molar-refractivity contribution in [2.45, 2.75) is 54.4 Å². The molecule has 0 aliphatic carbocycles. The fraction of sp³-hybridized carbons (Fsp3) is 0.421. The molecule has 0 aliphatic heterocycles. The largest absolute Gasteiger partial charge is 0.359 e. The lowest BCUT2D eigenvalue weighted by atomic mass is 10.0. The smallest absolute Gasteiger partial charge is 0.161 e. The molecule has 1 N–H and O–H groups in total. The first-order chi connectivity index (χ1) is 10.1. The molecule has 0 amide bonds. The lowest BCUT2D eigenvalue weighted by molar-refractivity contribution is -0.113. The highest BCUT2D eigenvalue weighted by molar-refractivity contribution is 5.98. The summed E-state index contributed by atoms with van der Waals surface area (Å²) in [6.45, 7) is 11.7. The van der Waals surface area contributed by atoms with Crippen LogP contribution < -0.4 is 5.32 Å². The third-order valence-corrected chi connectivity index (χ3v) is 2.97. The average molecular weight is 287 g/mol. The van der Waals surface area contributed by atoms with Crippen LogP contribution >= 0.6 is 0 Å². The molecule has 0 spiro atoms. The number of allylic oxidation sites excluding steroid dienone is 4. The molecule has 1 rings (SSSR count). The Morgan fingerprint density at radius 2 is 1.67 bits per heavy atom. The number of anilines is 1. The van der Waals surface area contributed by atoms with E-state index in [9.17, 15) is 4.79 Å². The molecule has 0 aromatic heterocycles. The first kappa shape index (κ1) is 19.2. The number of ketones is 1. The van der Waals surface area contributed by atoms with E-state index in [0.29, 0.717) is 0 Å². The molecule has 116 valence electrons. The molecule has 0 fully saturated rings. The van der Waals surface area contributed by atoms with Crippen LogP contribution in [0.4, 0.5) is 5.69 Å². The van der Waals surface area contributed by atoms with Crippen LogP contribution in [0.2, 0.25) is 0 Å². The Bertz CT molecular complexity index is 484. The van der Waals surface area contributed by atoms with Gasteiger partial charge < -0.3 is 5.32 Å². The molecular formula is C19H29NO. The minimum absolute atomic E-state index is 0.103. The summed E-state index contributed by atoms with van der Waals surface area (Å²) in [6.07, 6.45) is 4.22. The van der Waals surface area contributed by atoms with Gasteiger partial charge in [0, 0.05) is 17.0 Å². The van der Waals surface area contributed by atoms with Gasteiger partial charge in [0.15, 0.2) is 5.78 Å². The van der Waals surface area contributed by atoms with E-state index < -0.39 is 0 Å². The number of hydrogen-bond donors (Lipinski definition) is 1. The molecular weight excluding hydrogens is 258 g/mol. The predicted molar refractivity (Wildman–Crippen MR) is 93.5 cm³/mol. The maximum Gasteiger partial charge on any atom is 0.161 e. The van der Waals surface area contributed by atoms with Crippen LogP contribution in [0.25, 0.3) is 0 Å². The third-order valence-electron chi connectivity index (χ3n) is 2.97. The van der Waals surface area contributed by atoms with Crippen LogP contribution in [-0.4, -0.2) is 5.78 Å². The Hall–Kier alpha value is -1.83. The van der Waals surface area contributed by atoms with E-state index in [1.54, 1.807) is 6.92 Å². The molecule has 21 heavy (non-hydrogen) atoms. The normalized spacial score (nSPS) is 12.0. The minimum Gasteiger partial charge on any atom is -0.359 e. The maximum absolute atomic E-state index is 11.8. The molecule has 0 atom stereocenters. The third kappa shape index (κ3) is 6.94. The predicted octanol–water partition coefficient (Wildman–Crippen LogP) is 5.73. The average Bonchev–Trinajstić information content (AvgIpc) is 2.48. The summed E-state index contributed by atoms with van der Waals surface area (Å²) in [5, 5.41) is 3.30. The molecule has 0 saturated heterocycles. The van der Waals surface area contributed by atoms with Crippen LogP contribution in [0.15, 0.2) is 53.3 Å². The van der Waals surface area contributed by atoms with E-state index >= 15 is 0 Å². The first-order valence-corrected chi connectivity index (χ1v) is 7.77. The van der Waals surface area contributed by atoms with Crippen LogP contribution in [0.1, 0.15) is 54.4 Å². The molecule has 1 aromatic rings. The second-order valence-corrected chi connectivity index (χ2v) is 4.72. The maximum atomic E-state index is 11.8. The van der Waals surface area contributed by atoms with Gasteiger partial charge in [-0.25, -0.2) is 0 Å². The van der Waals surface area contributed by atoms with Crippen molar-refractivity contribution in [2.24, 2.45) is 0 Å². The van der Waals surface area contributed by atoms with Gasteiger partial charge in [0.05, 0.1) is 0 Å². The molecule has 2 nitrogen and oxygen atoms in total. The van der Waals surface area contributed by atoms with Crippen molar-refractivity contribution in [3.8, 4) is 0 Å². The van der Waals surface area contributed by atoms with Crippen molar-refractivity contribution in [3.63, 3.8) is 0 Å². The Balaban J connectivity index is 0.00000191. The van der Waals surface area contributed by atoms with E-state index in [4.69, 9.17) is 0 Å². The highest BCUT2D eigenvalue weighted by atomic mass is 16.1. The second-order valence-electron chi connectivity index (χ2n) is 4.72. The molecule has 0 heterocycles. The van der Waals surface area contributed by atoms with Gasteiger partial charge >= 0.3 is 0 Å². The van der Waals surface area contributed by atoms with Crippen molar-refractivity contribution >= 4 is 11.5 Å². The zero-order valence-electron chi connectivity index (χ0n) is 14.3. The topological polar surface area (TPSA) is 29.1 Å². The SMILES string of the molecule is CC.CCC/C=C(C)/C(C(C)=O)=C(/C)Nc1ccccc1. The molecule has 0 radical (unpaired) electrons. The number of hydrogen-bond acceptors (Lipinski definition) is 2. The summed E-state index contributed by atoms with van der Waals surface area (Å²) in [6, 6.07) is 9.91. The van der Waals surface area contributed by atoms with Crippen molar-refractivity contribution in [2.75, 3.05) is 5.32 Å². The number of carbonyl (C=O) groups excluding carboxylic acids is 1. The number of benzene rings is 1. The Kier molecular flexibility index (Phi) is 9.95. The standard InChI is InChI=1S/C17H23NO.C2H6/c1-5-6-10-13(2)17(15(4)19)14(3)18-16-11-8-7-9-12-16;1-2/h7-12,18H,5-6H2,1-4H3;1-2H3/b13-10+,17-14+;. The highest BCUT2D eigenvalue weighted by Gasteiger charge is 2.10. The second kappa shape index (κ2) is 10.9. The van der Waals surface area contributed by atoms with Gasteiger partial charge in [0.1, 0.15) is 0 Å². The fourth-order valence-corrected chi connectivity index (χ4v) is 2.10. The number of carbonyl (C=O) groups is 1. The number of unbranched alkanes of at least 4 members (excludes halogenated alkanes) is 1. The van der Waals surface area contributed by atoms with Gasteiger partial charge in [0.25, 0.3) is 0 Å². The molecule has 0 bridgehead atoms. The van der Waals surface area contributed by atoms with Gasteiger partial charge in [-0.1, -0.05) is 51.5 Å². The zero-order valence-corrected chi connectivity index (χ0v) is 14.3. The van der Waals surface area contributed by atoms with E-state index in [-0.39, 0.29) is 5.78 Å². The van der Waals surface area contributed by atoms with Crippen LogP contribution in [0.5, 0.6) is 0 Å². The summed E-state index contributed by atoms with van der Waals surface area (Å²) in [7, 11) is 0. The van der Waals surface area contributed by atoms with Gasteiger partial charge in [-0.05, 0) is 44.9 Å². The molecule has 0 aliphatic rings. The highest BCUT2D eigenvalue weighted by Crippen LogP contribution is 2.19. The van der Waals surface area contributed by atoms with Crippen LogP contribution in [0, 0.1) is 0 Å². The first-order valence-electron chi connectivity index (χ1n) is 7.77. The van der Waals surface area contributed by atoms with Crippen molar-refractivity contribution in [1.82, 2.24) is 0 Å². The fourth-order valence-electron chi connectivity index (χ4n) is 2.10.